The van der Waals surface area contributed by atoms with Gasteiger partial charge in [0.15, 0.2) is 0 Å². The van der Waals surface area contributed by atoms with Crippen LogP contribution >= 0.6 is 0 Å². The first-order chi connectivity index (χ1) is 8.35. The number of hydrogen-bond donors (Lipinski definition) is 1. The average Bonchev–Trinajstić information content (AvgIpc) is 2.68. The first-order valence-corrected chi connectivity index (χ1v) is 7.40. The average molecular weight is 240 g/mol. The van der Waals surface area contributed by atoms with Gasteiger partial charge in [-0.25, -0.2) is 0 Å². The van der Waals surface area contributed by atoms with Crippen LogP contribution in [0.2, 0.25) is 0 Å². The van der Waals surface area contributed by atoms with E-state index in [1.165, 1.54) is 51.7 Å². The summed E-state index contributed by atoms with van der Waals surface area (Å²) in [6.45, 7) is 8.78. The number of nitrogens with zero attached hydrogens (tertiary/aromatic N) is 1. The topological polar surface area (TPSA) is 24.5 Å². The van der Waals surface area contributed by atoms with Gasteiger partial charge in [0.2, 0.25) is 0 Å². The Bertz CT molecular complexity index is 214. The van der Waals surface area contributed by atoms with Gasteiger partial charge in [0.05, 0.1) is 6.61 Å². The predicted molar refractivity (Wildman–Crippen MR) is 71.4 cm³/mol. The van der Waals surface area contributed by atoms with Crippen molar-refractivity contribution in [3.63, 3.8) is 0 Å². The summed E-state index contributed by atoms with van der Waals surface area (Å²) in [5.41, 5.74) is 0.446. The molecule has 1 spiro atoms. The number of ether oxygens (including phenoxy) is 1. The molecule has 3 nitrogen and oxygen atoms in total. The lowest BCUT2D eigenvalue weighted by atomic mass is 9.97. The Balaban J connectivity index is 1.76. The molecule has 0 aromatic heterocycles. The van der Waals surface area contributed by atoms with Gasteiger partial charge in [0, 0.05) is 25.2 Å². The quantitative estimate of drug-likeness (QED) is 0.744. The van der Waals surface area contributed by atoms with E-state index in [2.05, 4.69) is 17.1 Å². The molecule has 1 saturated carbocycles. The van der Waals surface area contributed by atoms with Crippen molar-refractivity contribution in [1.82, 2.24) is 10.2 Å². The van der Waals surface area contributed by atoms with Crippen LogP contribution in [0.5, 0.6) is 0 Å². The van der Waals surface area contributed by atoms with Crippen molar-refractivity contribution in [2.45, 2.75) is 51.0 Å². The standard InChI is InChI=1S/C14H28N2O/c1-2-11-17-12-10-16-9-5-8-15-14(13-16)6-3-4-7-14/h15H,2-13H2,1H3. The van der Waals surface area contributed by atoms with Crippen LogP contribution in [-0.2, 0) is 4.74 Å². The third-order valence-corrected chi connectivity index (χ3v) is 4.14. The predicted octanol–water partition coefficient (Wildman–Crippen LogP) is 2.02. The summed E-state index contributed by atoms with van der Waals surface area (Å²) < 4.78 is 5.62. The molecule has 1 aliphatic carbocycles. The highest BCUT2D eigenvalue weighted by Gasteiger charge is 2.36. The molecule has 100 valence electrons. The fraction of sp³-hybridized carbons (Fsp3) is 1.00. The molecule has 17 heavy (non-hydrogen) atoms. The summed E-state index contributed by atoms with van der Waals surface area (Å²) >= 11 is 0. The normalized spacial score (nSPS) is 25.2. The van der Waals surface area contributed by atoms with Crippen molar-refractivity contribution < 1.29 is 4.74 Å². The van der Waals surface area contributed by atoms with E-state index in [4.69, 9.17) is 4.74 Å². The fourth-order valence-corrected chi connectivity index (χ4v) is 3.24. The molecular weight excluding hydrogens is 212 g/mol. The molecule has 1 heterocycles. The summed E-state index contributed by atoms with van der Waals surface area (Å²) in [5, 5.41) is 3.81. The molecule has 1 saturated heterocycles. The van der Waals surface area contributed by atoms with Gasteiger partial charge in [0.25, 0.3) is 0 Å². The Labute approximate surface area is 106 Å². The van der Waals surface area contributed by atoms with Crippen molar-refractivity contribution in [2.24, 2.45) is 0 Å². The Morgan fingerprint density at radius 2 is 2.00 bits per heavy atom. The Morgan fingerprint density at radius 1 is 1.18 bits per heavy atom. The molecule has 0 atom stereocenters. The SMILES string of the molecule is CCCOCCN1CCCNC2(CCCC2)C1. The maximum atomic E-state index is 5.62. The molecule has 0 unspecified atom stereocenters. The highest BCUT2D eigenvalue weighted by Crippen LogP contribution is 2.31. The summed E-state index contributed by atoms with van der Waals surface area (Å²) in [5.74, 6) is 0. The summed E-state index contributed by atoms with van der Waals surface area (Å²) in [6.07, 6.45) is 7.99. The molecule has 0 aromatic rings. The van der Waals surface area contributed by atoms with Gasteiger partial charge in [-0.1, -0.05) is 19.8 Å². The number of rotatable bonds is 5. The molecule has 2 aliphatic rings. The lowest BCUT2D eigenvalue weighted by Crippen LogP contribution is -2.49. The van der Waals surface area contributed by atoms with Gasteiger partial charge in [-0.2, -0.15) is 0 Å². The molecule has 0 radical (unpaired) electrons. The van der Waals surface area contributed by atoms with Crippen LogP contribution in [0.15, 0.2) is 0 Å². The molecule has 2 fully saturated rings. The summed E-state index contributed by atoms with van der Waals surface area (Å²) in [6, 6.07) is 0. The van der Waals surface area contributed by atoms with Gasteiger partial charge in [-0.15, -0.1) is 0 Å². The highest BCUT2D eigenvalue weighted by atomic mass is 16.5. The zero-order valence-electron chi connectivity index (χ0n) is 11.3. The molecule has 0 amide bonds. The minimum Gasteiger partial charge on any atom is -0.380 e. The third-order valence-electron chi connectivity index (χ3n) is 4.14. The van der Waals surface area contributed by atoms with E-state index in [-0.39, 0.29) is 0 Å². The molecule has 1 N–H and O–H groups in total. The maximum absolute atomic E-state index is 5.62. The zero-order valence-corrected chi connectivity index (χ0v) is 11.3. The Kier molecular flexibility index (Phi) is 5.26. The van der Waals surface area contributed by atoms with Crippen LogP contribution < -0.4 is 5.32 Å². The Hall–Kier alpha value is -0.120. The van der Waals surface area contributed by atoms with E-state index in [9.17, 15) is 0 Å². The lowest BCUT2D eigenvalue weighted by molar-refractivity contribution is 0.0964. The van der Waals surface area contributed by atoms with Gasteiger partial charge in [0.1, 0.15) is 0 Å². The largest absolute Gasteiger partial charge is 0.380 e. The third kappa shape index (κ3) is 3.94. The molecule has 2 rings (SSSR count). The van der Waals surface area contributed by atoms with Crippen LogP contribution in [0.1, 0.15) is 45.4 Å². The second-order valence-corrected chi connectivity index (χ2v) is 5.66. The highest BCUT2D eigenvalue weighted by molar-refractivity contribution is 4.96. The van der Waals surface area contributed by atoms with Gasteiger partial charge in [-0.3, -0.25) is 4.90 Å². The second-order valence-electron chi connectivity index (χ2n) is 5.66. The molecule has 0 aromatic carbocycles. The van der Waals surface area contributed by atoms with E-state index < -0.39 is 0 Å². The maximum Gasteiger partial charge on any atom is 0.0593 e. The van der Waals surface area contributed by atoms with Crippen LogP contribution in [-0.4, -0.2) is 49.8 Å². The smallest absolute Gasteiger partial charge is 0.0593 e. The Morgan fingerprint density at radius 3 is 2.76 bits per heavy atom. The first-order valence-electron chi connectivity index (χ1n) is 7.40. The fourth-order valence-electron chi connectivity index (χ4n) is 3.24. The first kappa shape index (κ1) is 13.3. The number of nitrogens with one attached hydrogen (secondary N) is 1. The van der Waals surface area contributed by atoms with Crippen LogP contribution in [0, 0.1) is 0 Å². The summed E-state index contributed by atoms with van der Waals surface area (Å²) in [4.78, 5) is 2.61. The van der Waals surface area contributed by atoms with Crippen molar-refractivity contribution in [3.8, 4) is 0 Å². The zero-order chi connectivity index (χ0) is 12.0. The van der Waals surface area contributed by atoms with Crippen LogP contribution in [0.4, 0.5) is 0 Å². The minimum absolute atomic E-state index is 0.446. The van der Waals surface area contributed by atoms with Gasteiger partial charge >= 0.3 is 0 Å². The molecule has 1 aliphatic heterocycles. The van der Waals surface area contributed by atoms with E-state index in [0.29, 0.717) is 5.54 Å². The van der Waals surface area contributed by atoms with Crippen LogP contribution in [0.25, 0.3) is 0 Å². The van der Waals surface area contributed by atoms with Crippen molar-refractivity contribution >= 4 is 0 Å². The van der Waals surface area contributed by atoms with Crippen LogP contribution in [0.3, 0.4) is 0 Å². The van der Waals surface area contributed by atoms with Gasteiger partial charge < -0.3 is 10.1 Å². The van der Waals surface area contributed by atoms with E-state index >= 15 is 0 Å². The lowest BCUT2D eigenvalue weighted by Gasteiger charge is -2.33. The minimum atomic E-state index is 0.446. The van der Waals surface area contributed by atoms with Crippen molar-refractivity contribution in [3.05, 3.63) is 0 Å². The van der Waals surface area contributed by atoms with Crippen molar-refractivity contribution in [2.75, 3.05) is 39.4 Å². The van der Waals surface area contributed by atoms with E-state index in [1.54, 1.807) is 0 Å². The van der Waals surface area contributed by atoms with E-state index in [0.717, 1.165) is 26.2 Å². The monoisotopic (exact) mass is 240 g/mol. The molecule has 3 heteroatoms. The molecular formula is C14H28N2O. The second kappa shape index (κ2) is 6.72. The number of hydrogen-bond acceptors (Lipinski definition) is 3. The van der Waals surface area contributed by atoms with Crippen molar-refractivity contribution in [1.29, 1.82) is 0 Å². The van der Waals surface area contributed by atoms with E-state index in [1.807, 2.05) is 0 Å². The summed E-state index contributed by atoms with van der Waals surface area (Å²) in [7, 11) is 0. The molecule has 0 bridgehead atoms. The van der Waals surface area contributed by atoms with Gasteiger partial charge in [-0.05, 0) is 38.8 Å².